The molecular weight excluding hydrogens is 238 g/mol. The largest absolute Gasteiger partial charge is 0.325 e. The molecule has 1 fully saturated rings. The molecule has 1 rings (SSSR count). The van der Waals surface area contributed by atoms with Gasteiger partial charge >= 0.3 is 0 Å². The van der Waals surface area contributed by atoms with Crippen molar-refractivity contribution in [3.63, 3.8) is 0 Å². The Balaban J connectivity index is 2.43. The maximum absolute atomic E-state index is 12.3. The fourth-order valence-corrected chi connectivity index (χ4v) is 2.56. The summed E-state index contributed by atoms with van der Waals surface area (Å²) in [7, 11) is 2.14. The summed E-state index contributed by atoms with van der Waals surface area (Å²) in [5.41, 5.74) is 0. The Morgan fingerprint density at radius 1 is 1.42 bits per heavy atom. The van der Waals surface area contributed by atoms with E-state index in [1.807, 2.05) is 4.90 Å². The van der Waals surface area contributed by atoms with Crippen molar-refractivity contribution < 1.29 is 4.79 Å². The summed E-state index contributed by atoms with van der Waals surface area (Å²) in [5, 5.41) is 3.41. The normalized spacial score (nSPS) is 25.4. The minimum atomic E-state index is 0.0452. The molecule has 1 aliphatic heterocycles. The molecule has 0 spiro atoms. The molecule has 0 aromatic heterocycles. The maximum atomic E-state index is 12.3. The molecular formula is C15H31N3O. The van der Waals surface area contributed by atoms with Crippen molar-refractivity contribution in [3.05, 3.63) is 0 Å². The van der Waals surface area contributed by atoms with Crippen molar-refractivity contribution in [2.24, 2.45) is 0 Å². The predicted octanol–water partition coefficient (Wildman–Crippen LogP) is 2.05. The van der Waals surface area contributed by atoms with Gasteiger partial charge in [0.05, 0.1) is 12.2 Å². The first-order chi connectivity index (χ1) is 9.01. The molecule has 112 valence electrons. The Morgan fingerprint density at radius 3 is 2.68 bits per heavy atom. The van der Waals surface area contributed by atoms with Crippen LogP contribution in [0, 0.1) is 0 Å². The van der Waals surface area contributed by atoms with Gasteiger partial charge in [-0.25, -0.2) is 0 Å². The van der Waals surface area contributed by atoms with Gasteiger partial charge in [-0.2, -0.15) is 0 Å². The lowest BCUT2D eigenvalue weighted by Crippen LogP contribution is -2.42. The summed E-state index contributed by atoms with van der Waals surface area (Å²) < 4.78 is 0. The van der Waals surface area contributed by atoms with Crippen LogP contribution < -0.4 is 5.32 Å². The lowest BCUT2D eigenvalue weighted by Gasteiger charge is -2.28. The van der Waals surface area contributed by atoms with E-state index >= 15 is 0 Å². The third-order valence-electron chi connectivity index (χ3n) is 4.37. The van der Waals surface area contributed by atoms with Gasteiger partial charge in [-0.1, -0.05) is 26.7 Å². The molecule has 1 heterocycles. The molecule has 1 saturated heterocycles. The SMILES string of the molecule is CCCCC1NC(C)N(CCN(C)C(C)CC)C1=O. The number of unbranched alkanes of at least 4 members (excludes halogenated alkanes) is 1. The van der Waals surface area contributed by atoms with Gasteiger partial charge in [0.2, 0.25) is 5.91 Å². The quantitative estimate of drug-likeness (QED) is 0.732. The molecule has 3 unspecified atom stereocenters. The van der Waals surface area contributed by atoms with Gasteiger partial charge in [0.1, 0.15) is 0 Å². The molecule has 3 atom stereocenters. The monoisotopic (exact) mass is 269 g/mol. The highest BCUT2D eigenvalue weighted by Gasteiger charge is 2.35. The van der Waals surface area contributed by atoms with Crippen molar-refractivity contribution in [2.75, 3.05) is 20.1 Å². The van der Waals surface area contributed by atoms with E-state index in [1.54, 1.807) is 0 Å². The van der Waals surface area contributed by atoms with Crippen molar-refractivity contribution in [2.45, 2.75) is 71.6 Å². The van der Waals surface area contributed by atoms with Crippen molar-refractivity contribution in [3.8, 4) is 0 Å². The summed E-state index contributed by atoms with van der Waals surface area (Å²) >= 11 is 0. The average molecular weight is 269 g/mol. The number of hydrogen-bond donors (Lipinski definition) is 1. The molecule has 1 amide bonds. The van der Waals surface area contributed by atoms with Crippen molar-refractivity contribution >= 4 is 5.91 Å². The highest BCUT2D eigenvalue weighted by Crippen LogP contribution is 2.15. The highest BCUT2D eigenvalue weighted by molar-refractivity contribution is 5.84. The van der Waals surface area contributed by atoms with Crippen LogP contribution >= 0.6 is 0 Å². The van der Waals surface area contributed by atoms with Crippen molar-refractivity contribution in [1.82, 2.24) is 15.1 Å². The fourth-order valence-electron chi connectivity index (χ4n) is 2.56. The molecule has 1 aliphatic rings. The first-order valence-electron chi connectivity index (χ1n) is 7.78. The molecule has 0 aliphatic carbocycles. The summed E-state index contributed by atoms with van der Waals surface area (Å²) in [4.78, 5) is 16.7. The van der Waals surface area contributed by atoms with E-state index in [0.29, 0.717) is 11.9 Å². The van der Waals surface area contributed by atoms with E-state index in [2.05, 4.69) is 45.0 Å². The van der Waals surface area contributed by atoms with Crippen LogP contribution in [0.2, 0.25) is 0 Å². The van der Waals surface area contributed by atoms with Gasteiger partial charge in [-0.3, -0.25) is 10.1 Å². The van der Waals surface area contributed by atoms with Crippen molar-refractivity contribution in [1.29, 1.82) is 0 Å². The number of likely N-dealkylation sites (N-methyl/N-ethyl adjacent to an activating group) is 1. The Morgan fingerprint density at radius 2 is 2.11 bits per heavy atom. The van der Waals surface area contributed by atoms with Crippen LogP contribution in [0.5, 0.6) is 0 Å². The first kappa shape index (κ1) is 16.4. The molecule has 0 bridgehead atoms. The number of carbonyl (C=O) groups excluding carboxylic acids is 1. The first-order valence-corrected chi connectivity index (χ1v) is 7.78. The van der Waals surface area contributed by atoms with Crippen LogP contribution in [0.4, 0.5) is 0 Å². The van der Waals surface area contributed by atoms with Gasteiger partial charge in [-0.05, 0) is 33.7 Å². The van der Waals surface area contributed by atoms with Gasteiger partial charge in [-0.15, -0.1) is 0 Å². The van der Waals surface area contributed by atoms with Crippen LogP contribution in [0.1, 0.15) is 53.4 Å². The van der Waals surface area contributed by atoms with Crippen LogP contribution in [-0.4, -0.2) is 54.1 Å². The molecule has 0 radical (unpaired) electrons. The molecule has 4 heteroatoms. The molecule has 0 aromatic rings. The van der Waals surface area contributed by atoms with Gasteiger partial charge in [0, 0.05) is 19.1 Å². The molecule has 0 saturated carbocycles. The number of rotatable bonds is 8. The number of hydrogen-bond acceptors (Lipinski definition) is 3. The topological polar surface area (TPSA) is 35.6 Å². The number of nitrogens with one attached hydrogen (secondary N) is 1. The van der Waals surface area contributed by atoms with E-state index in [4.69, 9.17) is 0 Å². The van der Waals surface area contributed by atoms with E-state index in [-0.39, 0.29) is 12.2 Å². The highest BCUT2D eigenvalue weighted by atomic mass is 16.2. The molecule has 19 heavy (non-hydrogen) atoms. The summed E-state index contributed by atoms with van der Waals surface area (Å²) in [6, 6.07) is 0.626. The lowest BCUT2D eigenvalue weighted by molar-refractivity contribution is -0.130. The standard InChI is InChI=1S/C15H31N3O/c1-6-8-9-14-15(19)18(13(4)16-14)11-10-17(5)12(3)7-2/h12-14,16H,6-11H2,1-5H3. The second-order valence-electron chi connectivity index (χ2n) is 5.81. The predicted molar refractivity (Wildman–Crippen MR) is 80.0 cm³/mol. The Labute approximate surface area is 118 Å². The van der Waals surface area contributed by atoms with Crippen LogP contribution in [0.15, 0.2) is 0 Å². The van der Waals surface area contributed by atoms with Crippen LogP contribution in [0.3, 0.4) is 0 Å². The van der Waals surface area contributed by atoms with E-state index < -0.39 is 0 Å². The van der Waals surface area contributed by atoms with Gasteiger partial charge < -0.3 is 9.80 Å². The van der Waals surface area contributed by atoms with Crippen LogP contribution in [-0.2, 0) is 4.79 Å². The number of carbonyl (C=O) groups is 1. The van der Waals surface area contributed by atoms with E-state index in [1.165, 1.54) is 0 Å². The number of amides is 1. The van der Waals surface area contributed by atoms with E-state index in [9.17, 15) is 4.79 Å². The van der Waals surface area contributed by atoms with Gasteiger partial charge in [0.15, 0.2) is 0 Å². The van der Waals surface area contributed by atoms with Crippen LogP contribution in [0.25, 0.3) is 0 Å². The van der Waals surface area contributed by atoms with Gasteiger partial charge in [0.25, 0.3) is 0 Å². The van der Waals surface area contributed by atoms with E-state index in [0.717, 1.165) is 38.8 Å². The summed E-state index contributed by atoms with van der Waals surface area (Å²) in [6.45, 7) is 10.5. The average Bonchev–Trinajstić information content (AvgIpc) is 2.67. The molecule has 0 aromatic carbocycles. The second kappa shape index (κ2) is 7.85. The Hall–Kier alpha value is -0.610. The smallest absolute Gasteiger partial charge is 0.241 e. The summed E-state index contributed by atoms with van der Waals surface area (Å²) in [5.74, 6) is 0.290. The third kappa shape index (κ3) is 4.46. The molecule has 4 nitrogen and oxygen atoms in total. The maximum Gasteiger partial charge on any atom is 0.241 e. The minimum absolute atomic E-state index is 0.0452. The zero-order valence-corrected chi connectivity index (χ0v) is 13.3. The fraction of sp³-hybridized carbons (Fsp3) is 0.933. The zero-order valence-electron chi connectivity index (χ0n) is 13.3. The second-order valence-corrected chi connectivity index (χ2v) is 5.81. The number of nitrogens with zero attached hydrogens (tertiary/aromatic N) is 2. The Kier molecular flexibility index (Phi) is 6.80. The zero-order chi connectivity index (χ0) is 14.4. The third-order valence-corrected chi connectivity index (χ3v) is 4.37. The molecule has 1 N–H and O–H groups in total. The summed E-state index contributed by atoms with van der Waals surface area (Å²) in [6.07, 6.45) is 4.57. The lowest BCUT2D eigenvalue weighted by atomic mass is 10.1. The Bertz CT molecular complexity index is 283. The minimum Gasteiger partial charge on any atom is -0.325 e.